The SMILES string of the molecule is CCC1(O)CN(S(=N)(=O)C(C)(C)C)C1. The first kappa shape index (κ1) is 11.9. The van der Waals surface area contributed by atoms with Crippen LogP contribution in [0.3, 0.4) is 0 Å². The Labute approximate surface area is 86.4 Å². The molecule has 1 heterocycles. The largest absolute Gasteiger partial charge is 0.387 e. The fraction of sp³-hybridized carbons (Fsp3) is 1.00. The van der Waals surface area contributed by atoms with E-state index >= 15 is 0 Å². The summed E-state index contributed by atoms with van der Waals surface area (Å²) >= 11 is 0. The predicted octanol–water partition coefficient (Wildman–Crippen LogP) is 1.20. The fourth-order valence-electron chi connectivity index (χ4n) is 1.40. The number of hydrogen-bond donors (Lipinski definition) is 2. The molecule has 0 aromatic rings. The normalized spacial score (nSPS) is 26.6. The zero-order valence-electron chi connectivity index (χ0n) is 9.33. The molecule has 0 radical (unpaired) electrons. The van der Waals surface area contributed by atoms with Gasteiger partial charge in [0, 0.05) is 13.1 Å². The summed E-state index contributed by atoms with van der Waals surface area (Å²) < 4.78 is 20.9. The van der Waals surface area contributed by atoms with Crippen molar-refractivity contribution in [3.8, 4) is 0 Å². The maximum atomic E-state index is 12.1. The van der Waals surface area contributed by atoms with Crippen molar-refractivity contribution in [3.05, 3.63) is 0 Å². The maximum absolute atomic E-state index is 12.1. The second-order valence-corrected chi connectivity index (χ2v) is 7.81. The molecule has 1 aliphatic rings. The van der Waals surface area contributed by atoms with E-state index in [0.717, 1.165) is 0 Å². The number of β-amino-alcohol motifs (C(OH)–C–C–N with tert-alkyl or cyclic N) is 1. The Kier molecular flexibility index (Phi) is 2.71. The van der Waals surface area contributed by atoms with E-state index in [0.29, 0.717) is 19.5 Å². The van der Waals surface area contributed by atoms with Crippen molar-refractivity contribution in [2.75, 3.05) is 13.1 Å². The molecule has 1 aliphatic heterocycles. The zero-order valence-corrected chi connectivity index (χ0v) is 10.1. The summed E-state index contributed by atoms with van der Waals surface area (Å²) in [7, 11) is -2.75. The lowest BCUT2D eigenvalue weighted by Crippen LogP contribution is -2.65. The van der Waals surface area contributed by atoms with Crippen molar-refractivity contribution < 1.29 is 9.32 Å². The summed E-state index contributed by atoms with van der Waals surface area (Å²) in [5, 5.41) is 9.77. The number of rotatable bonds is 2. The first-order valence-electron chi connectivity index (χ1n) is 4.88. The minimum atomic E-state index is -2.75. The number of aliphatic hydroxyl groups is 1. The van der Waals surface area contributed by atoms with E-state index in [9.17, 15) is 9.32 Å². The van der Waals surface area contributed by atoms with Gasteiger partial charge in [-0.3, -0.25) is 0 Å². The van der Waals surface area contributed by atoms with Crippen LogP contribution in [0.15, 0.2) is 0 Å². The summed E-state index contributed by atoms with van der Waals surface area (Å²) in [4.78, 5) is 0. The predicted molar refractivity (Wildman–Crippen MR) is 57.4 cm³/mol. The van der Waals surface area contributed by atoms with E-state index in [1.54, 1.807) is 25.1 Å². The van der Waals surface area contributed by atoms with E-state index < -0.39 is 20.3 Å². The standard InChI is InChI=1S/C9H20N2O2S/c1-5-9(12)6-11(7-9)14(10,13)8(2,3)4/h10,12H,5-7H2,1-4H3. The number of nitrogens with one attached hydrogen (secondary N) is 1. The highest BCUT2D eigenvalue weighted by atomic mass is 32.2. The minimum absolute atomic E-state index is 0.364. The van der Waals surface area contributed by atoms with Gasteiger partial charge in [0.1, 0.15) is 9.92 Å². The molecule has 5 heteroatoms. The topological polar surface area (TPSA) is 64.4 Å². The second kappa shape index (κ2) is 3.18. The van der Waals surface area contributed by atoms with E-state index in [2.05, 4.69) is 0 Å². The Morgan fingerprint density at radius 2 is 1.93 bits per heavy atom. The summed E-state index contributed by atoms with van der Waals surface area (Å²) in [5.41, 5.74) is -0.713. The van der Waals surface area contributed by atoms with Crippen LogP contribution in [0.5, 0.6) is 0 Å². The van der Waals surface area contributed by atoms with Gasteiger partial charge in [0.05, 0.1) is 10.3 Å². The van der Waals surface area contributed by atoms with E-state index in [4.69, 9.17) is 4.78 Å². The molecule has 0 aromatic heterocycles. The van der Waals surface area contributed by atoms with Crippen LogP contribution in [0.2, 0.25) is 0 Å². The summed E-state index contributed by atoms with van der Waals surface area (Å²) in [6, 6.07) is 0. The molecule has 0 amide bonds. The molecule has 1 fully saturated rings. The van der Waals surface area contributed by atoms with Crippen LogP contribution in [0.4, 0.5) is 0 Å². The fourth-order valence-corrected chi connectivity index (χ4v) is 3.02. The van der Waals surface area contributed by atoms with Gasteiger partial charge in [0.2, 0.25) is 0 Å². The first-order chi connectivity index (χ1) is 6.12. The van der Waals surface area contributed by atoms with Gasteiger partial charge in [0.15, 0.2) is 0 Å². The highest BCUT2D eigenvalue weighted by Crippen LogP contribution is 2.32. The molecule has 1 rings (SSSR count). The van der Waals surface area contributed by atoms with Crippen LogP contribution in [0.25, 0.3) is 0 Å². The van der Waals surface area contributed by atoms with Gasteiger partial charge in [-0.15, -0.1) is 0 Å². The van der Waals surface area contributed by atoms with Crippen molar-refractivity contribution in [2.24, 2.45) is 0 Å². The molecule has 0 saturated carbocycles. The molecule has 2 N–H and O–H groups in total. The quantitative estimate of drug-likeness (QED) is 0.734. The van der Waals surface area contributed by atoms with Crippen LogP contribution in [-0.2, 0) is 9.92 Å². The number of hydrogen-bond acceptors (Lipinski definition) is 3. The van der Waals surface area contributed by atoms with E-state index in [1.165, 1.54) is 0 Å². The van der Waals surface area contributed by atoms with Crippen molar-refractivity contribution in [2.45, 2.75) is 44.5 Å². The lowest BCUT2D eigenvalue weighted by Gasteiger charge is -2.48. The molecule has 84 valence electrons. The Hall–Kier alpha value is -0.130. The summed E-state index contributed by atoms with van der Waals surface area (Å²) in [6.45, 7) is 8.02. The van der Waals surface area contributed by atoms with Crippen LogP contribution in [0.1, 0.15) is 34.1 Å². The van der Waals surface area contributed by atoms with Crippen LogP contribution < -0.4 is 0 Å². The van der Waals surface area contributed by atoms with Gasteiger partial charge < -0.3 is 5.11 Å². The van der Waals surface area contributed by atoms with Gasteiger partial charge in [-0.25, -0.2) is 13.3 Å². The Bertz CT molecular complexity index is 310. The van der Waals surface area contributed by atoms with Crippen LogP contribution in [0, 0.1) is 4.78 Å². The molecule has 1 atom stereocenters. The van der Waals surface area contributed by atoms with Crippen molar-refractivity contribution >= 4 is 9.92 Å². The van der Waals surface area contributed by atoms with Crippen LogP contribution in [-0.4, -0.2) is 37.1 Å². The van der Waals surface area contributed by atoms with Gasteiger partial charge in [-0.05, 0) is 27.2 Å². The van der Waals surface area contributed by atoms with Gasteiger partial charge in [-0.1, -0.05) is 6.92 Å². The Morgan fingerprint density at radius 1 is 1.50 bits per heavy atom. The Balaban J connectivity index is 2.74. The first-order valence-corrected chi connectivity index (χ1v) is 6.40. The lowest BCUT2D eigenvalue weighted by molar-refractivity contribution is -0.0607. The highest BCUT2D eigenvalue weighted by molar-refractivity contribution is 7.91. The molecule has 4 nitrogen and oxygen atoms in total. The highest BCUT2D eigenvalue weighted by Gasteiger charge is 2.47. The average molecular weight is 220 g/mol. The van der Waals surface area contributed by atoms with Crippen LogP contribution >= 0.6 is 0 Å². The maximum Gasteiger partial charge on any atom is 0.113 e. The van der Waals surface area contributed by atoms with E-state index in [1.807, 2.05) is 6.92 Å². The lowest BCUT2D eigenvalue weighted by atomic mass is 9.94. The summed E-state index contributed by atoms with van der Waals surface area (Å²) in [5.74, 6) is 0. The van der Waals surface area contributed by atoms with Gasteiger partial charge in [0.25, 0.3) is 0 Å². The minimum Gasteiger partial charge on any atom is -0.387 e. The van der Waals surface area contributed by atoms with Gasteiger partial charge in [-0.2, -0.15) is 0 Å². The van der Waals surface area contributed by atoms with Crippen molar-refractivity contribution in [3.63, 3.8) is 0 Å². The average Bonchev–Trinajstić information content (AvgIpc) is 1.96. The summed E-state index contributed by atoms with van der Waals surface area (Å²) in [6.07, 6.45) is 0.656. The third kappa shape index (κ3) is 1.81. The molecule has 1 unspecified atom stereocenters. The monoisotopic (exact) mass is 220 g/mol. The molecular weight excluding hydrogens is 200 g/mol. The van der Waals surface area contributed by atoms with Gasteiger partial charge >= 0.3 is 0 Å². The second-order valence-electron chi connectivity index (χ2n) is 5.01. The smallest absolute Gasteiger partial charge is 0.113 e. The third-order valence-corrected chi connectivity index (χ3v) is 5.44. The molecule has 0 aromatic carbocycles. The molecule has 0 spiro atoms. The Morgan fingerprint density at radius 3 is 2.21 bits per heavy atom. The molecule has 14 heavy (non-hydrogen) atoms. The third-order valence-electron chi connectivity index (χ3n) is 2.79. The zero-order chi connectivity index (χ0) is 11.2. The van der Waals surface area contributed by atoms with Crippen molar-refractivity contribution in [1.82, 2.24) is 4.31 Å². The molecular formula is C9H20N2O2S. The van der Waals surface area contributed by atoms with E-state index in [-0.39, 0.29) is 0 Å². The van der Waals surface area contributed by atoms with Crippen molar-refractivity contribution in [1.29, 1.82) is 4.78 Å². The molecule has 0 bridgehead atoms. The molecule has 0 aliphatic carbocycles. The number of nitrogens with zero attached hydrogens (tertiary/aromatic N) is 1. The molecule has 1 saturated heterocycles.